The lowest BCUT2D eigenvalue weighted by Crippen LogP contribution is -2.46. The van der Waals surface area contributed by atoms with Crippen LogP contribution in [-0.4, -0.2) is 25.2 Å². The van der Waals surface area contributed by atoms with Gasteiger partial charge in [0.25, 0.3) is 0 Å². The summed E-state index contributed by atoms with van der Waals surface area (Å²) in [7, 11) is 1.60. The third-order valence-corrected chi connectivity index (χ3v) is 2.05. The lowest BCUT2D eigenvalue weighted by molar-refractivity contribution is 0.249. The normalized spacial score (nSPS) is 10.8. The van der Waals surface area contributed by atoms with Gasteiger partial charge in [-0.1, -0.05) is 0 Å². The van der Waals surface area contributed by atoms with Gasteiger partial charge in [-0.15, -0.1) is 0 Å². The summed E-state index contributed by atoms with van der Waals surface area (Å²) in [5.41, 5.74) is 6.04. The number of urea groups is 1. The molecule has 5 heteroatoms. The maximum atomic E-state index is 11.5. The van der Waals surface area contributed by atoms with E-state index in [1.54, 1.807) is 31.4 Å². The molecule has 0 atom stereocenters. The van der Waals surface area contributed by atoms with Crippen molar-refractivity contribution in [2.24, 2.45) is 5.73 Å². The minimum atomic E-state index is -0.419. The van der Waals surface area contributed by atoms with E-state index >= 15 is 0 Å². The second kappa shape index (κ2) is 5.54. The van der Waals surface area contributed by atoms with Crippen molar-refractivity contribution in [2.45, 2.75) is 19.4 Å². The van der Waals surface area contributed by atoms with E-state index in [0.717, 1.165) is 5.75 Å². The molecule has 2 amide bonds. The van der Waals surface area contributed by atoms with Gasteiger partial charge in [0.05, 0.1) is 7.11 Å². The molecule has 1 aromatic rings. The van der Waals surface area contributed by atoms with Crippen LogP contribution in [0.5, 0.6) is 5.75 Å². The minimum absolute atomic E-state index is 0.270. The molecule has 0 spiro atoms. The average Bonchev–Trinajstić information content (AvgIpc) is 2.27. The van der Waals surface area contributed by atoms with Gasteiger partial charge in [0.1, 0.15) is 5.75 Å². The molecule has 0 unspecified atom stereocenters. The van der Waals surface area contributed by atoms with Gasteiger partial charge >= 0.3 is 6.03 Å². The number of nitrogens with one attached hydrogen (secondary N) is 2. The Bertz CT molecular complexity index is 368. The fourth-order valence-electron chi connectivity index (χ4n) is 1.16. The molecule has 17 heavy (non-hydrogen) atoms. The van der Waals surface area contributed by atoms with E-state index in [9.17, 15) is 4.79 Å². The van der Waals surface area contributed by atoms with E-state index in [2.05, 4.69) is 10.6 Å². The third kappa shape index (κ3) is 5.21. The number of carbonyl (C=O) groups is 1. The van der Waals surface area contributed by atoms with Gasteiger partial charge in [-0.3, -0.25) is 0 Å². The van der Waals surface area contributed by atoms with Gasteiger partial charge < -0.3 is 21.1 Å². The van der Waals surface area contributed by atoms with E-state index < -0.39 is 5.54 Å². The lowest BCUT2D eigenvalue weighted by Gasteiger charge is -2.19. The zero-order valence-electron chi connectivity index (χ0n) is 10.4. The van der Waals surface area contributed by atoms with Crippen molar-refractivity contribution in [1.29, 1.82) is 0 Å². The Morgan fingerprint density at radius 3 is 2.41 bits per heavy atom. The van der Waals surface area contributed by atoms with E-state index in [1.165, 1.54) is 0 Å². The summed E-state index contributed by atoms with van der Waals surface area (Å²) in [6.07, 6.45) is 0. The molecule has 5 nitrogen and oxygen atoms in total. The fourth-order valence-corrected chi connectivity index (χ4v) is 1.16. The number of amides is 2. The smallest absolute Gasteiger partial charge is 0.319 e. The van der Waals surface area contributed by atoms with Crippen LogP contribution < -0.4 is 21.1 Å². The first-order valence-corrected chi connectivity index (χ1v) is 5.38. The van der Waals surface area contributed by atoms with Crippen molar-refractivity contribution in [1.82, 2.24) is 5.32 Å². The molecule has 0 fully saturated rings. The summed E-state index contributed by atoms with van der Waals surface area (Å²) in [5, 5.41) is 5.40. The predicted octanol–water partition coefficient (Wildman–Crippen LogP) is 1.55. The van der Waals surface area contributed by atoms with Crippen molar-refractivity contribution < 1.29 is 9.53 Å². The number of carbonyl (C=O) groups excluding carboxylic acids is 1. The van der Waals surface area contributed by atoms with Gasteiger partial charge in [0.2, 0.25) is 0 Å². The van der Waals surface area contributed by atoms with E-state index in [1.807, 2.05) is 13.8 Å². The summed E-state index contributed by atoms with van der Waals surface area (Å²) >= 11 is 0. The molecule has 0 bridgehead atoms. The number of benzene rings is 1. The summed E-state index contributed by atoms with van der Waals surface area (Å²) in [5.74, 6) is 0.749. The van der Waals surface area contributed by atoms with Crippen LogP contribution in [0.2, 0.25) is 0 Å². The topological polar surface area (TPSA) is 76.4 Å². The minimum Gasteiger partial charge on any atom is -0.497 e. The van der Waals surface area contributed by atoms with Gasteiger partial charge in [0, 0.05) is 17.8 Å². The second-order valence-corrected chi connectivity index (χ2v) is 4.52. The quantitative estimate of drug-likeness (QED) is 0.743. The molecule has 1 aromatic carbocycles. The molecule has 0 aliphatic heterocycles. The predicted molar refractivity (Wildman–Crippen MR) is 68.3 cm³/mol. The van der Waals surface area contributed by atoms with Crippen molar-refractivity contribution in [3.8, 4) is 5.75 Å². The van der Waals surface area contributed by atoms with Gasteiger partial charge in [-0.05, 0) is 38.1 Å². The molecular weight excluding hydrogens is 218 g/mol. The number of ether oxygens (including phenoxy) is 1. The van der Waals surface area contributed by atoms with Crippen LogP contribution in [0.4, 0.5) is 10.5 Å². The van der Waals surface area contributed by atoms with Crippen LogP contribution in [0.1, 0.15) is 13.8 Å². The first-order valence-electron chi connectivity index (χ1n) is 5.38. The molecule has 0 radical (unpaired) electrons. The molecule has 0 heterocycles. The highest BCUT2D eigenvalue weighted by molar-refractivity contribution is 5.89. The Morgan fingerprint density at radius 2 is 1.94 bits per heavy atom. The lowest BCUT2D eigenvalue weighted by atomic mass is 10.1. The van der Waals surface area contributed by atoms with Crippen molar-refractivity contribution in [3.63, 3.8) is 0 Å². The Hall–Kier alpha value is -1.75. The highest BCUT2D eigenvalue weighted by Gasteiger charge is 2.11. The van der Waals surface area contributed by atoms with Crippen molar-refractivity contribution >= 4 is 11.7 Å². The van der Waals surface area contributed by atoms with E-state index in [-0.39, 0.29) is 6.03 Å². The molecule has 0 saturated carbocycles. The molecule has 0 saturated heterocycles. The highest BCUT2D eigenvalue weighted by Crippen LogP contribution is 2.14. The molecule has 0 aromatic heterocycles. The Balaban J connectivity index is 2.45. The average molecular weight is 237 g/mol. The molecule has 4 N–H and O–H groups in total. The Kier molecular flexibility index (Phi) is 4.34. The number of hydrogen-bond donors (Lipinski definition) is 3. The number of methoxy groups -OCH3 is 1. The SMILES string of the molecule is COc1ccc(NC(=O)NCC(C)(C)N)cc1. The van der Waals surface area contributed by atoms with Gasteiger partial charge in [-0.2, -0.15) is 0 Å². The summed E-state index contributed by atoms with van der Waals surface area (Å²) in [6.45, 7) is 4.11. The van der Waals surface area contributed by atoms with Crippen molar-refractivity contribution in [3.05, 3.63) is 24.3 Å². The zero-order chi connectivity index (χ0) is 12.9. The zero-order valence-corrected chi connectivity index (χ0v) is 10.4. The Labute approximate surface area is 101 Å². The van der Waals surface area contributed by atoms with Crippen LogP contribution in [-0.2, 0) is 0 Å². The molecular formula is C12H19N3O2. The van der Waals surface area contributed by atoms with Crippen molar-refractivity contribution in [2.75, 3.05) is 19.0 Å². The van der Waals surface area contributed by atoms with Crippen LogP contribution in [0.15, 0.2) is 24.3 Å². The second-order valence-electron chi connectivity index (χ2n) is 4.52. The maximum Gasteiger partial charge on any atom is 0.319 e. The molecule has 0 aliphatic carbocycles. The standard InChI is InChI=1S/C12H19N3O2/c1-12(2,13)8-14-11(16)15-9-4-6-10(17-3)7-5-9/h4-7H,8,13H2,1-3H3,(H2,14,15,16). The van der Waals surface area contributed by atoms with E-state index in [4.69, 9.17) is 10.5 Å². The first-order chi connectivity index (χ1) is 7.90. The molecule has 94 valence electrons. The van der Waals surface area contributed by atoms with Gasteiger partial charge in [0.15, 0.2) is 0 Å². The highest BCUT2D eigenvalue weighted by atomic mass is 16.5. The van der Waals surface area contributed by atoms with Crippen LogP contribution >= 0.6 is 0 Å². The molecule has 0 aliphatic rings. The Morgan fingerprint density at radius 1 is 1.35 bits per heavy atom. The third-order valence-electron chi connectivity index (χ3n) is 2.05. The summed E-state index contributed by atoms with van der Waals surface area (Å²) < 4.78 is 5.02. The summed E-state index contributed by atoms with van der Waals surface area (Å²) in [6, 6.07) is 6.83. The number of hydrogen-bond acceptors (Lipinski definition) is 3. The number of anilines is 1. The largest absolute Gasteiger partial charge is 0.497 e. The first kappa shape index (κ1) is 13.3. The van der Waals surface area contributed by atoms with Crippen LogP contribution in [0.3, 0.4) is 0 Å². The van der Waals surface area contributed by atoms with E-state index in [0.29, 0.717) is 12.2 Å². The fraction of sp³-hybridized carbons (Fsp3) is 0.417. The van der Waals surface area contributed by atoms with Crippen LogP contribution in [0, 0.1) is 0 Å². The number of nitrogens with two attached hydrogens (primary N) is 1. The monoisotopic (exact) mass is 237 g/mol. The maximum absolute atomic E-state index is 11.5. The summed E-state index contributed by atoms with van der Waals surface area (Å²) in [4.78, 5) is 11.5. The number of rotatable bonds is 4. The van der Waals surface area contributed by atoms with Gasteiger partial charge in [-0.25, -0.2) is 4.79 Å². The molecule has 1 rings (SSSR count). The van der Waals surface area contributed by atoms with Crippen LogP contribution in [0.25, 0.3) is 0 Å².